The van der Waals surface area contributed by atoms with Crippen molar-refractivity contribution in [2.24, 2.45) is 5.41 Å². The van der Waals surface area contributed by atoms with Crippen LogP contribution in [-0.4, -0.2) is 35.3 Å². The standard InChI is InChI=1S/C39H39NO5S3/c1-38(2,43)32-14-7-6-10-28(32)16-19-34(46-26-39(21-22-39)25-36(41)42)29-11-8-9-27(23-29)15-17-30-18-20-35-33(40-30)24-37(47-35)48(44,45)31-12-4-3-5-13-31/h3-15,17-18,20,23-24,34,43H,16,19,21-22,25-26H2,1-2H3,(H,41,42)/b17-15+. The number of thiophene rings is 1. The summed E-state index contributed by atoms with van der Waals surface area (Å²) in [5.74, 6) is 0.0585. The third kappa shape index (κ3) is 8.09. The number of thioether (sulfide) groups is 1. The number of aryl methyl sites for hydroxylation is 1. The lowest BCUT2D eigenvalue weighted by Crippen LogP contribution is -2.18. The minimum absolute atomic E-state index is 0.122. The van der Waals surface area contributed by atoms with Crippen molar-refractivity contribution >= 4 is 61.3 Å². The van der Waals surface area contributed by atoms with Crippen LogP contribution in [0.25, 0.3) is 22.4 Å². The molecule has 2 N–H and O–H groups in total. The maximum atomic E-state index is 13.2. The van der Waals surface area contributed by atoms with Crippen molar-refractivity contribution in [3.8, 4) is 0 Å². The number of carbonyl (C=O) groups is 1. The van der Waals surface area contributed by atoms with Gasteiger partial charge in [0.2, 0.25) is 9.84 Å². The summed E-state index contributed by atoms with van der Waals surface area (Å²) in [6.45, 7) is 3.63. The lowest BCUT2D eigenvalue weighted by Gasteiger charge is -2.24. The molecule has 1 aliphatic rings. The van der Waals surface area contributed by atoms with E-state index in [9.17, 15) is 23.4 Å². The maximum absolute atomic E-state index is 13.2. The zero-order valence-electron chi connectivity index (χ0n) is 27.0. The average molecular weight is 698 g/mol. The summed E-state index contributed by atoms with van der Waals surface area (Å²) in [7, 11) is -3.61. The first-order valence-corrected chi connectivity index (χ1v) is 19.4. The molecule has 1 unspecified atom stereocenters. The molecule has 6 nitrogen and oxygen atoms in total. The van der Waals surface area contributed by atoms with Crippen LogP contribution in [0.3, 0.4) is 0 Å². The zero-order valence-corrected chi connectivity index (χ0v) is 29.5. The van der Waals surface area contributed by atoms with E-state index in [0.29, 0.717) is 5.52 Å². The summed E-state index contributed by atoms with van der Waals surface area (Å²) < 4.78 is 27.4. The summed E-state index contributed by atoms with van der Waals surface area (Å²) in [6, 6.07) is 30.3. The lowest BCUT2D eigenvalue weighted by atomic mass is 9.90. The normalized spacial score (nSPS) is 15.1. The Morgan fingerprint density at radius 2 is 1.73 bits per heavy atom. The zero-order chi connectivity index (χ0) is 33.9. The predicted octanol–water partition coefficient (Wildman–Crippen LogP) is 9.19. The van der Waals surface area contributed by atoms with Crippen molar-refractivity contribution < 1.29 is 23.4 Å². The van der Waals surface area contributed by atoms with Crippen LogP contribution in [0.1, 0.15) is 72.7 Å². The summed E-state index contributed by atoms with van der Waals surface area (Å²) in [5.41, 5.74) is 4.54. The molecule has 1 atom stereocenters. The molecule has 2 aromatic heterocycles. The van der Waals surface area contributed by atoms with E-state index in [1.54, 1.807) is 36.4 Å². The van der Waals surface area contributed by atoms with Crippen LogP contribution in [0.15, 0.2) is 106 Å². The van der Waals surface area contributed by atoms with Gasteiger partial charge in [-0.1, -0.05) is 72.8 Å². The molecule has 2 heterocycles. The molecule has 6 rings (SSSR count). The van der Waals surface area contributed by atoms with Gasteiger partial charge >= 0.3 is 5.97 Å². The van der Waals surface area contributed by atoms with Crippen molar-refractivity contribution in [2.45, 2.75) is 65.9 Å². The summed E-state index contributed by atoms with van der Waals surface area (Å²) >= 11 is 3.06. The van der Waals surface area contributed by atoms with Crippen LogP contribution in [0, 0.1) is 5.41 Å². The Morgan fingerprint density at radius 1 is 0.979 bits per heavy atom. The second-order valence-corrected chi connectivity index (χ2v) is 17.6. The number of hydrogen-bond acceptors (Lipinski definition) is 7. The van der Waals surface area contributed by atoms with E-state index in [1.165, 1.54) is 16.9 Å². The van der Waals surface area contributed by atoms with Crippen molar-refractivity contribution in [1.29, 1.82) is 0 Å². The van der Waals surface area contributed by atoms with Crippen molar-refractivity contribution in [3.05, 3.63) is 125 Å². The van der Waals surface area contributed by atoms with E-state index >= 15 is 0 Å². The number of aliphatic hydroxyl groups is 1. The fourth-order valence-corrected chi connectivity index (χ4v) is 10.3. The molecule has 0 amide bonds. The highest BCUT2D eigenvalue weighted by molar-refractivity contribution is 7.99. The Balaban J connectivity index is 1.22. The smallest absolute Gasteiger partial charge is 0.303 e. The number of sulfone groups is 1. The molecule has 48 heavy (non-hydrogen) atoms. The van der Waals surface area contributed by atoms with E-state index in [2.05, 4.69) is 18.2 Å². The molecule has 5 aromatic rings. The molecule has 1 fully saturated rings. The number of pyridine rings is 1. The molecular weight excluding hydrogens is 659 g/mol. The highest BCUT2D eigenvalue weighted by Crippen LogP contribution is 2.53. The fraction of sp³-hybridized carbons (Fsp3) is 0.282. The molecule has 9 heteroatoms. The number of aromatic nitrogens is 1. The quantitative estimate of drug-likeness (QED) is 0.119. The van der Waals surface area contributed by atoms with E-state index in [4.69, 9.17) is 4.98 Å². The van der Waals surface area contributed by atoms with Gasteiger partial charge in [-0.15, -0.1) is 11.3 Å². The van der Waals surface area contributed by atoms with Gasteiger partial charge < -0.3 is 10.2 Å². The van der Waals surface area contributed by atoms with Crippen LogP contribution < -0.4 is 0 Å². The lowest BCUT2D eigenvalue weighted by molar-refractivity contribution is -0.138. The second-order valence-electron chi connectivity index (χ2n) is 13.1. The molecule has 0 aliphatic heterocycles. The minimum Gasteiger partial charge on any atom is -0.481 e. The third-order valence-corrected chi connectivity index (χ3v) is 13.9. The van der Waals surface area contributed by atoms with Gasteiger partial charge in [0.05, 0.1) is 32.8 Å². The second kappa shape index (κ2) is 14.0. The monoisotopic (exact) mass is 697 g/mol. The number of nitrogens with zero attached hydrogens (tertiary/aromatic N) is 1. The van der Waals surface area contributed by atoms with Gasteiger partial charge in [0.15, 0.2) is 0 Å². The number of benzene rings is 3. The van der Waals surface area contributed by atoms with Crippen molar-refractivity contribution in [1.82, 2.24) is 4.98 Å². The summed E-state index contributed by atoms with van der Waals surface area (Å²) in [6.07, 6.45) is 7.70. The highest BCUT2D eigenvalue weighted by Gasteiger charge is 2.44. The molecule has 0 saturated heterocycles. The first-order chi connectivity index (χ1) is 22.9. The van der Waals surface area contributed by atoms with E-state index in [-0.39, 0.29) is 26.2 Å². The Bertz CT molecular complexity index is 2060. The fourth-order valence-electron chi connectivity index (χ4n) is 6.02. The summed E-state index contributed by atoms with van der Waals surface area (Å²) in [5, 5.41) is 20.4. The molecule has 1 saturated carbocycles. The van der Waals surface area contributed by atoms with Crippen LogP contribution >= 0.6 is 23.1 Å². The highest BCUT2D eigenvalue weighted by atomic mass is 32.2. The van der Waals surface area contributed by atoms with Crippen LogP contribution in [0.5, 0.6) is 0 Å². The van der Waals surface area contributed by atoms with Gasteiger partial charge in [0.1, 0.15) is 4.21 Å². The number of hydrogen-bond donors (Lipinski definition) is 2. The van der Waals surface area contributed by atoms with Crippen LogP contribution in [0.4, 0.5) is 0 Å². The number of rotatable bonds is 14. The molecular formula is C39H39NO5S3. The SMILES string of the molecule is CC(C)(O)c1ccccc1CCC(SCC1(CC(=O)O)CC1)c1cccc(/C=C/c2ccc3sc(S(=O)(=O)c4ccccc4)cc3n2)c1. The predicted molar refractivity (Wildman–Crippen MR) is 196 cm³/mol. The van der Waals surface area contributed by atoms with Gasteiger partial charge in [0, 0.05) is 11.0 Å². The topological polar surface area (TPSA) is 105 Å². The number of carboxylic acid groups (broad SMARTS) is 1. The van der Waals surface area contributed by atoms with Gasteiger partial charge in [-0.3, -0.25) is 4.79 Å². The van der Waals surface area contributed by atoms with Gasteiger partial charge in [-0.05, 0) is 104 Å². The van der Waals surface area contributed by atoms with Gasteiger partial charge in [-0.25, -0.2) is 13.4 Å². The molecule has 3 aromatic carbocycles. The third-order valence-electron chi connectivity index (χ3n) is 8.85. The van der Waals surface area contributed by atoms with Crippen LogP contribution in [-0.2, 0) is 26.7 Å². The average Bonchev–Trinajstić information content (AvgIpc) is 3.68. The Morgan fingerprint density at radius 3 is 2.46 bits per heavy atom. The molecule has 1 aliphatic carbocycles. The largest absolute Gasteiger partial charge is 0.481 e. The van der Waals surface area contributed by atoms with Crippen molar-refractivity contribution in [2.75, 3.05) is 5.75 Å². The van der Waals surface area contributed by atoms with Crippen molar-refractivity contribution in [3.63, 3.8) is 0 Å². The molecule has 0 bridgehead atoms. The summed E-state index contributed by atoms with van der Waals surface area (Å²) in [4.78, 5) is 16.6. The maximum Gasteiger partial charge on any atom is 0.303 e. The van der Waals surface area contributed by atoms with Gasteiger partial charge in [0.25, 0.3) is 0 Å². The number of fused-ring (bicyclic) bond motifs is 1. The Labute approximate surface area is 290 Å². The molecule has 248 valence electrons. The molecule has 0 spiro atoms. The van der Waals surface area contributed by atoms with E-state index < -0.39 is 21.4 Å². The van der Waals surface area contributed by atoms with E-state index in [0.717, 1.165) is 58.5 Å². The van der Waals surface area contributed by atoms with Crippen LogP contribution in [0.2, 0.25) is 0 Å². The number of aliphatic carboxylic acids is 1. The first kappa shape index (κ1) is 34.1. The first-order valence-electron chi connectivity index (χ1n) is 16.0. The molecule has 0 radical (unpaired) electrons. The van der Waals surface area contributed by atoms with E-state index in [1.807, 2.05) is 80.2 Å². The van der Waals surface area contributed by atoms with Gasteiger partial charge in [-0.2, -0.15) is 11.8 Å². The Kier molecular flexibility index (Phi) is 9.95. The Hall–Kier alpha value is -3.76. The number of carboxylic acids is 1. The minimum atomic E-state index is -3.61.